The van der Waals surface area contributed by atoms with Crippen molar-refractivity contribution in [2.45, 2.75) is 0 Å². The van der Waals surface area contributed by atoms with Gasteiger partial charge in [-0.15, -0.1) is 0 Å². The van der Waals surface area contributed by atoms with Crippen molar-refractivity contribution < 1.29 is 4.39 Å². The molecule has 3 nitrogen and oxygen atoms in total. The van der Waals surface area contributed by atoms with E-state index in [4.69, 9.17) is 5.26 Å². The fourth-order valence-electron chi connectivity index (χ4n) is 1.74. The molecule has 16 heavy (non-hydrogen) atoms. The van der Waals surface area contributed by atoms with Gasteiger partial charge >= 0.3 is 0 Å². The molecule has 0 atom stereocenters. The summed E-state index contributed by atoms with van der Waals surface area (Å²) in [5.74, 6) is -0.370. The maximum atomic E-state index is 13.5. The molecule has 0 saturated heterocycles. The van der Waals surface area contributed by atoms with Crippen molar-refractivity contribution in [2.75, 3.05) is 19.0 Å². The highest BCUT2D eigenvalue weighted by Crippen LogP contribution is 2.28. The third-order valence-corrected chi connectivity index (χ3v) is 2.39. The number of rotatable bonds is 1. The number of hydrogen-bond donors (Lipinski definition) is 0. The molecule has 0 aliphatic carbocycles. The van der Waals surface area contributed by atoms with Crippen molar-refractivity contribution in [3.8, 4) is 6.07 Å². The molecule has 0 radical (unpaired) electrons. The third kappa shape index (κ3) is 1.47. The summed E-state index contributed by atoms with van der Waals surface area (Å²) in [7, 11) is 3.64. The second-order valence-electron chi connectivity index (χ2n) is 3.66. The van der Waals surface area contributed by atoms with Gasteiger partial charge in [0.2, 0.25) is 0 Å². The molecule has 4 heteroatoms. The van der Waals surface area contributed by atoms with Crippen LogP contribution < -0.4 is 4.90 Å². The average molecular weight is 215 g/mol. The highest BCUT2D eigenvalue weighted by molar-refractivity contribution is 5.94. The van der Waals surface area contributed by atoms with E-state index in [1.165, 1.54) is 12.3 Å². The molecule has 0 unspecified atom stereocenters. The van der Waals surface area contributed by atoms with Gasteiger partial charge < -0.3 is 4.90 Å². The van der Waals surface area contributed by atoms with E-state index in [-0.39, 0.29) is 5.82 Å². The lowest BCUT2D eigenvalue weighted by molar-refractivity contribution is 0.637. The number of benzene rings is 1. The number of hydrogen-bond acceptors (Lipinski definition) is 3. The Morgan fingerprint density at radius 3 is 2.75 bits per heavy atom. The normalized spacial score (nSPS) is 10.1. The lowest BCUT2D eigenvalue weighted by atomic mass is 10.1. The van der Waals surface area contributed by atoms with E-state index in [0.717, 1.165) is 0 Å². The minimum absolute atomic E-state index is 0.296. The standard InChI is InChI=1S/C12H10FN3/c1-16(2)12-8(6-14)7-15-11-9(12)4-3-5-10(11)13/h3-5,7H,1-2H3. The molecule has 1 heterocycles. The predicted octanol–water partition coefficient (Wildman–Crippen LogP) is 2.31. The Labute approximate surface area is 92.7 Å². The lowest BCUT2D eigenvalue weighted by Gasteiger charge is -2.16. The van der Waals surface area contributed by atoms with Crippen molar-refractivity contribution in [1.29, 1.82) is 5.26 Å². The first-order chi connectivity index (χ1) is 7.65. The summed E-state index contributed by atoms with van der Waals surface area (Å²) >= 11 is 0. The van der Waals surface area contributed by atoms with E-state index in [1.54, 1.807) is 17.0 Å². The van der Waals surface area contributed by atoms with E-state index in [1.807, 2.05) is 14.1 Å². The third-order valence-electron chi connectivity index (χ3n) is 2.39. The topological polar surface area (TPSA) is 39.9 Å². The summed E-state index contributed by atoms with van der Waals surface area (Å²) in [5, 5.41) is 9.64. The van der Waals surface area contributed by atoms with Gasteiger partial charge in [0.25, 0.3) is 0 Å². The molecule has 80 valence electrons. The maximum Gasteiger partial charge on any atom is 0.149 e. The second-order valence-corrected chi connectivity index (χ2v) is 3.66. The molecule has 0 bridgehead atoms. The van der Waals surface area contributed by atoms with Gasteiger partial charge in [-0.05, 0) is 6.07 Å². The summed E-state index contributed by atoms with van der Waals surface area (Å²) in [6, 6.07) is 6.81. The number of halogens is 1. The number of aromatic nitrogens is 1. The summed E-state index contributed by atoms with van der Waals surface area (Å²) < 4.78 is 13.5. The number of anilines is 1. The largest absolute Gasteiger partial charge is 0.376 e. The second kappa shape index (κ2) is 3.78. The molecular weight excluding hydrogens is 205 g/mol. The molecule has 0 aliphatic heterocycles. The zero-order chi connectivity index (χ0) is 11.7. The Morgan fingerprint density at radius 2 is 2.12 bits per heavy atom. The molecule has 1 aromatic carbocycles. The quantitative estimate of drug-likeness (QED) is 0.732. The van der Waals surface area contributed by atoms with Crippen molar-refractivity contribution >= 4 is 16.6 Å². The summed E-state index contributed by atoms with van der Waals surface area (Å²) in [4.78, 5) is 5.76. The van der Waals surface area contributed by atoms with Crippen LogP contribution in [0.15, 0.2) is 24.4 Å². The Hall–Kier alpha value is -2.15. The van der Waals surface area contributed by atoms with Crippen molar-refractivity contribution in [3.63, 3.8) is 0 Å². The van der Waals surface area contributed by atoms with Gasteiger partial charge in [-0.1, -0.05) is 12.1 Å². The van der Waals surface area contributed by atoms with E-state index in [9.17, 15) is 4.39 Å². The van der Waals surface area contributed by atoms with Gasteiger partial charge in [0.05, 0.1) is 11.3 Å². The van der Waals surface area contributed by atoms with Crippen LogP contribution in [-0.2, 0) is 0 Å². The van der Waals surface area contributed by atoms with Gasteiger partial charge in [-0.25, -0.2) is 4.39 Å². The predicted molar refractivity (Wildman–Crippen MR) is 60.7 cm³/mol. The summed E-state index contributed by atoms with van der Waals surface area (Å²) in [6.07, 6.45) is 1.40. The van der Waals surface area contributed by atoms with Gasteiger partial charge in [0, 0.05) is 25.7 Å². The van der Waals surface area contributed by atoms with Crippen LogP contribution in [0.2, 0.25) is 0 Å². The molecule has 1 aromatic heterocycles. The van der Waals surface area contributed by atoms with Gasteiger partial charge in [0.15, 0.2) is 0 Å². The number of nitrogens with zero attached hydrogens (tertiary/aromatic N) is 3. The van der Waals surface area contributed by atoms with Crippen LogP contribution in [0, 0.1) is 17.1 Å². The number of pyridine rings is 1. The van der Waals surface area contributed by atoms with Crippen LogP contribution in [0.3, 0.4) is 0 Å². The van der Waals surface area contributed by atoms with Crippen LogP contribution in [0.1, 0.15) is 5.56 Å². The van der Waals surface area contributed by atoms with E-state index < -0.39 is 0 Å². The van der Waals surface area contributed by atoms with Crippen molar-refractivity contribution in [2.24, 2.45) is 0 Å². The van der Waals surface area contributed by atoms with Crippen LogP contribution in [0.4, 0.5) is 10.1 Å². The fourth-order valence-corrected chi connectivity index (χ4v) is 1.74. The monoisotopic (exact) mass is 215 g/mol. The fraction of sp³-hybridized carbons (Fsp3) is 0.167. The molecule has 0 N–H and O–H groups in total. The van der Waals surface area contributed by atoms with E-state index >= 15 is 0 Å². The zero-order valence-electron chi connectivity index (χ0n) is 9.03. The van der Waals surface area contributed by atoms with Gasteiger partial charge in [-0.3, -0.25) is 4.98 Å². The maximum absolute atomic E-state index is 13.5. The van der Waals surface area contributed by atoms with Crippen LogP contribution in [0.5, 0.6) is 0 Å². The lowest BCUT2D eigenvalue weighted by Crippen LogP contribution is -2.11. The Bertz CT molecular complexity index is 585. The first-order valence-corrected chi connectivity index (χ1v) is 4.80. The van der Waals surface area contributed by atoms with Crippen LogP contribution in [-0.4, -0.2) is 19.1 Å². The molecule has 0 aliphatic rings. The van der Waals surface area contributed by atoms with E-state index in [2.05, 4.69) is 11.1 Å². The van der Waals surface area contributed by atoms with Crippen molar-refractivity contribution in [3.05, 3.63) is 35.8 Å². The Kier molecular flexibility index (Phi) is 2.45. The molecule has 0 saturated carbocycles. The first-order valence-electron chi connectivity index (χ1n) is 4.80. The van der Waals surface area contributed by atoms with Crippen molar-refractivity contribution in [1.82, 2.24) is 4.98 Å². The minimum Gasteiger partial charge on any atom is -0.376 e. The molecular formula is C12H10FN3. The number of para-hydroxylation sites is 1. The van der Waals surface area contributed by atoms with Gasteiger partial charge in [0.1, 0.15) is 17.4 Å². The Balaban J connectivity index is 2.91. The molecule has 0 amide bonds. The summed E-state index contributed by atoms with van der Waals surface area (Å²) in [6.45, 7) is 0. The number of nitriles is 1. The van der Waals surface area contributed by atoms with E-state index in [0.29, 0.717) is 22.2 Å². The zero-order valence-corrected chi connectivity index (χ0v) is 9.03. The smallest absolute Gasteiger partial charge is 0.149 e. The first kappa shape index (κ1) is 10.4. The van der Waals surface area contributed by atoms with Crippen LogP contribution in [0.25, 0.3) is 10.9 Å². The minimum atomic E-state index is -0.370. The highest BCUT2D eigenvalue weighted by Gasteiger charge is 2.12. The SMILES string of the molecule is CN(C)c1c(C#N)cnc2c(F)cccc12. The number of fused-ring (bicyclic) bond motifs is 1. The molecule has 0 fully saturated rings. The summed E-state index contributed by atoms with van der Waals surface area (Å²) in [5.41, 5.74) is 1.44. The Morgan fingerprint density at radius 1 is 1.38 bits per heavy atom. The molecule has 2 rings (SSSR count). The van der Waals surface area contributed by atoms with Gasteiger partial charge in [-0.2, -0.15) is 5.26 Å². The highest BCUT2D eigenvalue weighted by atomic mass is 19.1. The average Bonchev–Trinajstić information content (AvgIpc) is 2.27. The molecule has 0 spiro atoms. The van der Waals surface area contributed by atoms with Crippen LogP contribution >= 0.6 is 0 Å². The molecule has 2 aromatic rings.